The highest BCUT2D eigenvalue weighted by atomic mass is 16.5. The van der Waals surface area contributed by atoms with Gasteiger partial charge in [-0.25, -0.2) is 4.79 Å². The number of unbranched alkanes of at least 4 members (excludes halogenated alkanes) is 1. The second-order valence-corrected chi connectivity index (χ2v) is 5.59. The molecule has 0 fully saturated rings. The molecule has 26 heavy (non-hydrogen) atoms. The Labute approximate surface area is 153 Å². The quantitative estimate of drug-likeness (QED) is 0.547. The minimum absolute atomic E-state index is 0.154. The van der Waals surface area contributed by atoms with Crippen LogP contribution in [0.2, 0.25) is 0 Å². The van der Waals surface area contributed by atoms with Crippen LogP contribution in [-0.4, -0.2) is 32.2 Å². The van der Waals surface area contributed by atoms with E-state index in [0.717, 1.165) is 12.8 Å². The number of nitrogens with one attached hydrogen (secondary N) is 1. The molecule has 6 nitrogen and oxygen atoms in total. The molecule has 6 heteroatoms. The second-order valence-electron chi connectivity index (χ2n) is 5.59. The van der Waals surface area contributed by atoms with Crippen LogP contribution in [0.25, 0.3) is 0 Å². The predicted molar refractivity (Wildman–Crippen MR) is 98.8 cm³/mol. The Balaban J connectivity index is 1.88. The topological polar surface area (TPSA) is 73.9 Å². The summed E-state index contributed by atoms with van der Waals surface area (Å²) in [6, 6.07) is 13.6. The van der Waals surface area contributed by atoms with E-state index in [4.69, 9.17) is 14.2 Å². The molecule has 0 atom stereocenters. The number of methoxy groups -OCH3 is 1. The van der Waals surface area contributed by atoms with Crippen LogP contribution >= 0.6 is 0 Å². The SMILES string of the molecule is CCCCOC(=O)c1cccc(NC(=O)COc2cccc(OC)c2)c1. The van der Waals surface area contributed by atoms with Crippen molar-refractivity contribution in [1.29, 1.82) is 0 Å². The van der Waals surface area contributed by atoms with Gasteiger partial charge in [0, 0.05) is 11.8 Å². The number of hydrogen-bond donors (Lipinski definition) is 1. The lowest BCUT2D eigenvalue weighted by atomic mass is 10.2. The van der Waals surface area contributed by atoms with Crippen LogP contribution in [0.5, 0.6) is 11.5 Å². The lowest BCUT2D eigenvalue weighted by molar-refractivity contribution is -0.118. The number of carbonyl (C=O) groups is 2. The van der Waals surface area contributed by atoms with Gasteiger partial charge in [-0.1, -0.05) is 25.5 Å². The molecule has 0 heterocycles. The zero-order valence-electron chi connectivity index (χ0n) is 15.0. The third-order valence-electron chi connectivity index (χ3n) is 3.52. The van der Waals surface area contributed by atoms with Crippen LogP contribution in [0.3, 0.4) is 0 Å². The zero-order valence-corrected chi connectivity index (χ0v) is 15.0. The molecular formula is C20H23NO5. The van der Waals surface area contributed by atoms with E-state index < -0.39 is 5.97 Å². The summed E-state index contributed by atoms with van der Waals surface area (Å²) in [6.07, 6.45) is 1.78. The molecule has 0 spiro atoms. The molecule has 0 aliphatic heterocycles. The molecule has 0 aliphatic carbocycles. The number of anilines is 1. The highest BCUT2D eigenvalue weighted by Crippen LogP contribution is 2.19. The van der Waals surface area contributed by atoms with Crippen LogP contribution in [0.15, 0.2) is 48.5 Å². The average molecular weight is 357 g/mol. The predicted octanol–water partition coefficient (Wildman–Crippen LogP) is 3.67. The number of amides is 1. The van der Waals surface area contributed by atoms with E-state index in [1.54, 1.807) is 55.6 Å². The summed E-state index contributed by atoms with van der Waals surface area (Å²) >= 11 is 0. The van der Waals surface area contributed by atoms with Gasteiger partial charge in [0.2, 0.25) is 0 Å². The van der Waals surface area contributed by atoms with E-state index in [-0.39, 0.29) is 12.5 Å². The minimum Gasteiger partial charge on any atom is -0.497 e. The van der Waals surface area contributed by atoms with Crippen molar-refractivity contribution in [3.8, 4) is 11.5 Å². The summed E-state index contributed by atoms with van der Waals surface area (Å²) in [5.74, 6) is 0.455. The number of carbonyl (C=O) groups excluding carboxylic acids is 2. The Morgan fingerprint density at radius 1 is 1.04 bits per heavy atom. The Hall–Kier alpha value is -3.02. The molecule has 2 rings (SSSR count). The van der Waals surface area contributed by atoms with Crippen LogP contribution in [0.4, 0.5) is 5.69 Å². The number of esters is 1. The molecule has 138 valence electrons. The first-order valence-electron chi connectivity index (χ1n) is 8.46. The first-order valence-corrected chi connectivity index (χ1v) is 8.46. The largest absolute Gasteiger partial charge is 0.497 e. The maximum absolute atomic E-state index is 12.0. The highest BCUT2D eigenvalue weighted by molar-refractivity contribution is 5.95. The zero-order chi connectivity index (χ0) is 18.8. The van der Waals surface area contributed by atoms with Crippen molar-refractivity contribution in [2.75, 3.05) is 25.6 Å². The van der Waals surface area contributed by atoms with Crippen LogP contribution in [0, 0.1) is 0 Å². The molecule has 2 aromatic carbocycles. The Bertz CT molecular complexity index is 744. The first-order chi connectivity index (χ1) is 12.6. The summed E-state index contributed by atoms with van der Waals surface area (Å²) < 4.78 is 15.7. The molecular weight excluding hydrogens is 334 g/mol. The smallest absolute Gasteiger partial charge is 0.338 e. The van der Waals surface area contributed by atoms with E-state index in [2.05, 4.69) is 5.32 Å². The Kier molecular flexibility index (Phi) is 7.49. The van der Waals surface area contributed by atoms with E-state index in [1.807, 2.05) is 6.92 Å². The van der Waals surface area contributed by atoms with Gasteiger partial charge in [0.15, 0.2) is 6.61 Å². The van der Waals surface area contributed by atoms with Crippen molar-refractivity contribution < 1.29 is 23.8 Å². The van der Waals surface area contributed by atoms with Crippen molar-refractivity contribution in [3.05, 3.63) is 54.1 Å². The Morgan fingerprint density at radius 2 is 1.81 bits per heavy atom. The summed E-state index contributed by atoms with van der Waals surface area (Å²) in [5.41, 5.74) is 0.904. The van der Waals surface area contributed by atoms with Gasteiger partial charge in [-0.2, -0.15) is 0 Å². The molecule has 0 unspecified atom stereocenters. The second kappa shape index (κ2) is 10.1. The van der Waals surface area contributed by atoms with Crippen molar-refractivity contribution in [3.63, 3.8) is 0 Å². The van der Waals surface area contributed by atoms with Crippen LogP contribution in [-0.2, 0) is 9.53 Å². The van der Waals surface area contributed by atoms with Gasteiger partial charge in [-0.05, 0) is 36.8 Å². The summed E-state index contributed by atoms with van der Waals surface area (Å²) in [7, 11) is 1.56. The van der Waals surface area contributed by atoms with Crippen molar-refractivity contribution in [1.82, 2.24) is 0 Å². The van der Waals surface area contributed by atoms with E-state index in [9.17, 15) is 9.59 Å². The van der Waals surface area contributed by atoms with Gasteiger partial charge in [0.05, 0.1) is 19.3 Å². The highest BCUT2D eigenvalue weighted by Gasteiger charge is 2.09. The van der Waals surface area contributed by atoms with Crippen molar-refractivity contribution in [2.24, 2.45) is 0 Å². The molecule has 0 aliphatic rings. The summed E-state index contributed by atoms with van der Waals surface area (Å²) in [4.78, 5) is 24.0. The van der Waals surface area contributed by atoms with Crippen LogP contribution in [0.1, 0.15) is 30.1 Å². The molecule has 1 N–H and O–H groups in total. The van der Waals surface area contributed by atoms with Gasteiger partial charge in [0.25, 0.3) is 5.91 Å². The third-order valence-corrected chi connectivity index (χ3v) is 3.52. The first kappa shape index (κ1) is 19.3. The monoisotopic (exact) mass is 357 g/mol. The maximum Gasteiger partial charge on any atom is 0.338 e. The fourth-order valence-electron chi connectivity index (χ4n) is 2.15. The molecule has 0 aromatic heterocycles. The van der Waals surface area contributed by atoms with Gasteiger partial charge in [-0.3, -0.25) is 4.79 Å². The van der Waals surface area contributed by atoms with Crippen molar-refractivity contribution in [2.45, 2.75) is 19.8 Å². The summed E-state index contributed by atoms with van der Waals surface area (Å²) in [5, 5.41) is 2.70. The molecule has 0 radical (unpaired) electrons. The Morgan fingerprint density at radius 3 is 2.58 bits per heavy atom. The molecule has 2 aromatic rings. The fourth-order valence-corrected chi connectivity index (χ4v) is 2.15. The van der Waals surface area contributed by atoms with Crippen LogP contribution < -0.4 is 14.8 Å². The molecule has 0 bridgehead atoms. The lowest BCUT2D eigenvalue weighted by Gasteiger charge is -2.09. The van der Waals surface area contributed by atoms with E-state index in [0.29, 0.717) is 29.4 Å². The third kappa shape index (κ3) is 6.12. The summed E-state index contributed by atoms with van der Waals surface area (Å²) in [6.45, 7) is 2.26. The van der Waals surface area contributed by atoms with Gasteiger partial charge < -0.3 is 19.5 Å². The normalized spacial score (nSPS) is 10.1. The van der Waals surface area contributed by atoms with Crippen molar-refractivity contribution >= 4 is 17.6 Å². The van der Waals surface area contributed by atoms with Gasteiger partial charge in [-0.15, -0.1) is 0 Å². The lowest BCUT2D eigenvalue weighted by Crippen LogP contribution is -2.20. The minimum atomic E-state index is -0.401. The molecule has 1 amide bonds. The molecule has 0 saturated carbocycles. The maximum atomic E-state index is 12.0. The number of hydrogen-bond acceptors (Lipinski definition) is 5. The standard InChI is InChI=1S/C20H23NO5/c1-3-4-11-25-20(23)15-7-5-8-16(12-15)21-19(22)14-26-18-10-6-9-17(13-18)24-2/h5-10,12-13H,3-4,11,14H2,1-2H3,(H,21,22). The van der Waals surface area contributed by atoms with E-state index in [1.165, 1.54) is 0 Å². The number of ether oxygens (including phenoxy) is 3. The fraction of sp³-hybridized carbons (Fsp3) is 0.300. The average Bonchev–Trinajstić information content (AvgIpc) is 2.67. The number of rotatable bonds is 9. The van der Waals surface area contributed by atoms with Gasteiger partial charge >= 0.3 is 5.97 Å². The molecule has 0 saturated heterocycles. The van der Waals surface area contributed by atoms with E-state index >= 15 is 0 Å². The number of benzene rings is 2. The van der Waals surface area contributed by atoms with Gasteiger partial charge in [0.1, 0.15) is 11.5 Å².